The number of hydrogen-bond acceptors (Lipinski definition) is 10. The van der Waals surface area contributed by atoms with Gasteiger partial charge in [0.05, 0.1) is 12.1 Å². The molecule has 2 aliphatic rings. The minimum atomic E-state index is -0.713. The van der Waals surface area contributed by atoms with E-state index in [2.05, 4.69) is 141 Å². The Labute approximate surface area is 357 Å². The van der Waals surface area contributed by atoms with E-state index in [9.17, 15) is 19.8 Å². The van der Waals surface area contributed by atoms with Gasteiger partial charge in [-0.15, -0.1) is 0 Å². The minimum Gasteiger partial charge on any atom is -0.463 e. The number of esters is 2. The van der Waals surface area contributed by atoms with Crippen LogP contribution in [0.3, 0.4) is 0 Å². The van der Waals surface area contributed by atoms with Crippen LogP contribution < -0.4 is 0 Å². The minimum absolute atomic E-state index is 0.0184. The number of β-amino-alcohol motifs (C(OH)–C–C–N with tert-alkyl or cyclic N) is 2. The second-order valence-electron chi connectivity index (χ2n) is 16.4. The monoisotopic (exact) mass is 818 g/mol. The Morgan fingerprint density at radius 3 is 1.02 bits per heavy atom. The topological polar surface area (TPSA) is 106 Å². The Balaban J connectivity index is 0.754. The van der Waals surface area contributed by atoms with Gasteiger partial charge in [-0.2, -0.15) is 0 Å². The van der Waals surface area contributed by atoms with Crippen molar-refractivity contribution in [2.75, 3.05) is 78.7 Å². The first kappa shape index (κ1) is 45.1. The highest BCUT2D eigenvalue weighted by Gasteiger charge is 2.29. The highest BCUT2D eigenvalue weighted by Crippen LogP contribution is 2.31. The van der Waals surface area contributed by atoms with Gasteiger partial charge in [-0.05, 0) is 35.1 Å². The molecule has 0 radical (unpaired) electrons. The molecule has 0 spiro atoms. The van der Waals surface area contributed by atoms with E-state index in [-0.39, 0.29) is 37.2 Å². The summed E-state index contributed by atoms with van der Waals surface area (Å²) in [5, 5.41) is 21.3. The molecular formula is C50H66N4O6. The van der Waals surface area contributed by atoms with Crippen LogP contribution in [0.15, 0.2) is 121 Å². The van der Waals surface area contributed by atoms with E-state index in [1.165, 1.54) is 22.3 Å². The van der Waals surface area contributed by atoms with Gasteiger partial charge in [0.2, 0.25) is 0 Å². The van der Waals surface area contributed by atoms with Crippen molar-refractivity contribution in [1.29, 1.82) is 0 Å². The second-order valence-corrected chi connectivity index (χ2v) is 16.4. The number of ether oxygens (including phenoxy) is 2. The molecule has 0 unspecified atom stereocenters. The zero-order valence-corrected chi connectivity index (χ0v) is 35.3. The van der Waals surface area contributed by atoms with Crippen LogP contribution in [0.25, 0.3) is 0 Å². The number of carbonyl (C=O) groups is 2. The van der Waals surface area contributed by atoms with E-state index in [4.69, 9.17) is 9.47 Å². The maximum absolute atomic E-state index is 12.4. The number of nitrogens with zero attached hydrogens (tertiary/aromatic N) is 4. The van der Waals surface area contributed by atoms with Crippen LogP contribution in [0.1, 0.15) is 85.7 Å². The first-order valence-corrected chi connectivity index (χ1v) is 22.2. The van der Waals surface area contributed by atoms with Crippen molar-refractivity contribution in [2.45, 2.75) is 75.7 Å². The predicted octanol–water partition coefficient (Wildman–Crippen LogP) is 6.73. The molecule has 6 rings (SSSR count). The molecule has 60 heavy (non-hydrogen) atoms. The summed E-state index contributed by atoms with van der Waals surface area (Å²) >= 11 is 0. The molecule has 2 aliphatic heterocycles. The molecule has 0 saturated carbocycles. The fourth-order valence-corrected chi connectivity index (χ4v) is 8.65. The average molecular weight is 819 g/mol. The summed E-state index contributed by atoms with van der Waals surface area (Å²) in [5.74, 6) is -0.529. The average Bonchev–Trinajstić information content (AvgIpc) is 3.29. The Morgan fingerprint density at radius 2 is 0.717 bits per heavy atom. The number of piperazine rings is 2. The maximum Gasteiger partial charge on any atom is 0.305 e. The van der Waals surface area contributed by atoms with Crippen LogP contribution in [0.5, 0.6) is 0 Å². The SMILES string of the molecule is O=C(CCCCCCCCC(=O)OC[C@H](O)CN1CCN(C(c2ccccc2)c2ccccc2)CC1)OC[C@H](O)CN1CCN(C(c2ccccc2)c2ccccc2)CC1. The second kappa shape index (κ2) is 24.7. The van der Waals surface area contributed by atoms with Crippen molar-refractivity contribution < 1.29 is 29.3 Å². The van der Waals surface area contributed by atoms with Gasteiger partial charge >= 0.3 is 11.9 Å². The summed E-state index contributed by atoms with van der Waals surface area (Å²) in [6.45, 7) is 7.95. The van der Waals surface area contributed by atoms with Crippen molar-refractivity contribution in [1.82, 2.24) is 19.6 Å². The van der Waals surface area contributed by atoms with Crippen molar-refractivity contribution in [3.8, 4) is 0 Å². The van der Waals surface area contributed by atoms with Crippen molar-refractivity contribution >= 4 is 11.9 Å². The first-order valence-electron chi connectivity index (χ1n) is 22.2. The van der Waals surface area contributed by atoms with E-state index < -0.39 is 12.2 Å². The molecule has 0 aromatic heterocycles. The van der Waals surface area contributed by atoms with E-state index in [1.54, 1.807) is 0 Å². The van der Waals surface area contributed by atoms with Gasteiger partial charge in [-0.1, -0.05) is 147 Å². The van der Waals surface area contributed by atoms with Gasteiger partial charge in [-0.3, -0.25) is 29.2 Å². The quantitative estimate of drug-likeness (QED) is 0.0619. The molecule has 322 valence electrons. The van der Waals surface area contributed by atoms with E-state index in [1.807, 2.05) is 0 Å². The Bertz CT molecular complexity index is 1570. The molecule has 2 N–H and O–H groups in total. The fraction of sp³-hybridized carbons (Fsp3) is 0.480. The Kier molecular flexibility index (Phi) is 18.6. The Hall–Kier alpha value is -4.42. The van der Waals surface area contributed by atoms with Crippen LogP contribution in [-0.2, 0) is 19.1 Å². The zero-order chi connectivity index (χ0) is 41.8. The number of carbonyl (C=O) groups excluding carboxylic acids is 2. The van der Waals surface area contributed by atoms with Crippen LogP contribution >= 0.6 is 0 Å². The molecule has 2 atom stereocenters. The first-order chi connectivity index (χ1) is 29.4. The molecule has 10 nitrogen and oxygen atoms in total. The third kappa shape index (κ3) is 14.6. The molecule has 0 bridgehead atoms. The molecule has 10 heteroatoms. The number of aliphatic hydroxyl groups is 2. The standard InChI is InChI=1S/C50H66N4O6/c55-45(37-51-29-33-53(34-30-51)49(41-19-9-5-10-20-41)42-21-11-6-12-22-42)39-59-47(57)27-17-3-1-2-4-18-28-48(58)60-40-46(56)38-52-31-35-54(36-32-52)50(43-23-13-7-14-24-43)44-25-15-8-16-26-44/h5-16,19-26,45-46,49-50,55-56H,1-4,17-18,27-40H2/t45-,46-/m1/s1. The summed E-state index contributed by atoms with van der Waals surface area (Å²) in [7, 11) is 0. The third-order valence-corrected chi connectivity index (χ3v) is 11.8. The number of benzene rings is 4. The lowest BCUT2D eigenvalue weighted by Crippen LogP contribution is -2.50. The molecule has 2 saturated heterocycles. The molecule has 4 aromatic carbocycles. The smallest absolute Gasteiger partial charge is 0.305 e. The van der Waals surface area contributed by atoms with Gasteiger partial charge in [-0.25, -0.2) is 0 Å². The van der Waals surface area contributed by atoms with Crippen LogP contribution in [-0.4, -0.2) is 133 Å². The number of aliphatic hydroxyl groups excluding tert-OH is 2. The van der Waals surface area contributed by atoms with Gasteiger partial charge in [0, 0.05) is 78.3 Å². The molecule has 4 aromatic rings. The lowest BCUT2D eigenvalue weighted by Gasteiger charge is -2.40. The van der Waals surface area contributed by atoms with E-state index >= 15 is 0 Å². The van der Waals surface area contributed by atoms with Crippen molar-refractivity contribution in [2.24, 2.45) is 0 Å². The van der Waals surface area contributed by atoms with Gasteiger partial charge in [0.25, 0.3) is 0 Å². The molecule has 2 heterocycles. The van der Waals surface area contributed by atoms with Gasteiger partial charge in [0.15, 0.2) is 0 Å². The summed E-state index contributed by atoms with van der Waals surface area (Å²) in [5.41, 5.74) is 5.12. The lowest BCUT2D eigenvalue weighted by atomic mass is 9.96. The molecular weight excluding hydrogens is 753 g/mol. The summed E-state index contributed by atoms with van der Waals surface area (Å²) in [4.78, 5) is 34.3. The van der Waals surface area contributed by atoms with Crippen molar-refractivity contribution in [3.63, 3.8) is 0 Å². The normalized spacial score (nSPS) is 16.8. The largest absolute Gasteiger partial charge is 0.463 e. The predicted molar refractivity (Wildman–Crippen MR) is 236 cm³/mol. The van der Waals surface area contributed by atoms with Crippen molar-refractivity contribution in [3.05, 3.63) is 144 Å². The summed E-state index contributed by atoms with van der Waals surface area (Å²) in [6, 6.07) is 42.9. The highest BCUT2D eigenvalue weighted by molar-refractivity contribution is 5.69. The van der Waals surface area contributed by atoms with E-state index in [0.717, 1.165) is 90.9 Å². The number of hydrogen-bond donors (Lipinski definition) is 2. The molecule has 0 aliphatic carbocycles. The van der Waals surface area contributed by atoms with Gasteiger partial charge < -0.3 is 19.7 Å². The van der Waals surface area contributed by atoms with Gasteiger partial charge in [0.1, 0.15) is 25.4 Å². The number of unbranched alkanes of at least 4 members (excludes halogenated alkanes) is 5. The Morgan fingerprint density at radius 1 is 0.433 bits per heavy atom. The molecule has 2 fully saturated rings. The fourth-order valence-electron chi connectivity index (χ4n) is 8.65. The summed E-state index contributed by atoms with van der Waals surface area (Å²) in [6.07, 6.45) is 4.55. The summed E-state index contributed by atoms with van der Waals surface area (Å²) < 4.78 is 10.8. The number of rotatable bonds is 23. The third-order valence-electron chi connectivity index (χ3n) is 11.8. The maximum atomic E-state index is 12.4. The highest BCUT2D eigenvalue weighted by atomic mass is 16.5. The van der Waals surface area contributed by atoms with Crippen LogP contribution in [0.4, 0.5) is 0 Å². The van der Waals surface area contributed by atoms with Crippen LogP contribution in [0.2, 0.25) is 0 Å². The lowest BCUT2D eigenvalue weighted by molar-refractivity contribution is -0.148. The van der Waals surface area contributed by atoms with Crippen LogP contribution in [0, 0.1) is 0 Å². The zero-order valence-electron chi connectivity index (χ0n) is 35.3. The molecule has 0 amide bonds. The van der Waals surface area contributed by atoms with E-state index in [0.29, 0.717) is 25.9 Å².